The molecule has 0 aliphatic rings. The summed E-state index contributed by atoms with van der Waals surface area (Å²) in [6.07, 6.45) is 0. The van der Waals surface area contributed by atoms with Crippen molar-refractivity contribution >= 4 is 77.2 Å². The van der Waals surface area contributed by atoms with E-state index in [-0.39, 0.29) is 0 Å². The van der Waals surface area contributed by atoms with E-state index in [1.165, 1.54) is 54.2 Å². The molecule has 0 aliphatic heterocycles. The second-order valence-corrected chi connectivity index (χ2v) is 13.9. The number of hydrogen-bond donors (Lipinski definition) is 0. The molecule has 2 nitrogen and oxygen atoms in total. The first kappa shape index (κ1) is 31.6. The second kappa shape index (κ2) is 13.4. The largest absolute Gasteiger partial charge is 0.310 e. The summed E-state index contributed by atoms with van der Waals surface area (Å²) >= 11 is 0. The van der Waals surface area contributed by atoms with Crippen molar-refractivity contribution in [2.75, 3.05) is 9.80 Å². The Hall–Kier alpha value is -7.16. The van der Waals surface area contributed by atoms with Gasteiger partial charge >= 0.3 is 0 Å². The number of nitrogens with zero attached hydrogens (tertiary/aromatic N) is 2. The molecule has 0 spiro atoms. The predicted octanol–water partition coefficient (Wildman–Crippen LogP) is 14.9. The van der Waals surface area contributed by atoms with Gasteiger partial charge in [-0.05, 0) is 122 Å². The van der Waals surface area contributed by atoms with Gasteiger partial charge in [-0.15, -0.1) is 0 Å². The maximum atomic E-state index is 2.38. The molecule has 0 unspecified atom stereocenters. The van der Waals surface area contributed by atoms with Crippen LogP contribution in [0, 0.1) is 0 Å². The van der Waals surface area contributed by atoms with Crippen molar-refractivity contribution in [3.05, 3.63) is 218 Å². The molecule has 0 radical (unpaired) electrons. The van der Waals surface area contributed by atoms with Crippen LogP contribution in [0.25, 0.3) is 54.2 Å². The normalized spacial score (nSPS) is 11.3. The average Bonchev–Trinajstić information content (AvgIpc) is 3.24. The lowest BCUT2D eigenvalue weighted by atomic mass is 9.99. The van der Waals surface area contributed by atoms with E-state index in [4.69, 9.17) is 0 Å². The highest BCUT2D eigenvalue weighted by molar-refractivity contribution is 6.00. The van der Waals surface area contributed by atoms with E-state index in [0.717, 1.165) is 34.1 Å². The molecule has 10 rings (SSSR count). The van der Waals surface area contributed by atoms with Gasteiger partial charge in [0.25, 0.3) is 0 Å². The van der Waals surface area contributed by atoms with Crippen LogP contribution in [0.5, 0.6) is 0 Å². The highest BCUT2D eigenvalue weighted by Gasteiger charge is 2.17. The van der Waals surface area contributed by atoms with Crippen LogP contribution in [0.2, 0.25) is 0 Å². The van der Waals surface area contributed by atoms with E-state index in [1.807, 2.05) is 0 Å². The third-order valence-electron chi connectivity index (χ3n) is 10.5. The molecule has 0 saturated heterocycles. The molecule has 0 N–H and O–H groups in total. The third kappa shape index (κ3) is 5.81. The van der Waals surface area contributed by atoms with E-state index in [2.05, 4.69) is 228 Å². The van der Waals surface area contributed by atoms with Gasteiger partial charge < -0.3 is 9.80 Å². The Labute approximate surface area is 315 Å². The second-order valence-electron chi connectivity index (χ2n) is 13.9. The summed E-state index contributed by atoms with van der Waals surface area (Å²) in [5.41, 5.74) is 9.18. The van der Waals surface area contributed by atoms with Crippen LogP contribution in [-0.4, -0.2) is 0 Å². The number of para-hydroxylation sites is 1. The van der Waals surface area contributed by atoms with E-state index >= 15 is 0 Å². The Morgan fingerprint density at radius 2 is 0.648 bits per heavy atom. The van der Waals surface area contributed by atoms with Crippen LogP contribution in [0.4, 0.5) is 34.1 Å². The van der Waals surface area contributed by atoms with Crippen LogP contribution in [0.15, 0.2) is 218 Å². The minimum absolute atomic E-state index is 1.12. The van der Waals surface area contributed by atoms with Gasteiger partial charge in [-0.1, -0.05) is 146 Å². The predicted molar refractivity (Wildman–Crippen MR) is 231 cm³/mol. The molecule has 0 heterocycles. The molecule has 254 valence electrons. The van der Waals surface area contributed by atoms with Crippen LogP contribution in [0.1, 0.15) is 0 Å². The van der Waals surface area contributed by atoms with Gasteiger partial charge in [-0.2, -0.15) is 0 Å². The summed E-state index contributed by atoms with van der Waals surface area (Å²) in [5, 5.41) is 9.78. The fourth-order valence-corrected chi connectivity index (χ4v) is 7.84. The fraction of sp³-hybridized carbons (Fsp3) is 0. The zero-order valence-corrected chi connectivity index (χ0v) is 29.7. The SMILES string of the molecule is c1ccc(N(c2ccc3ccccc3c2)c2ccc3cc(-c4ccc(N(c5ccc6ccccc6c5)c5cccc6ccccc56)cc4)ccc3c2)cc1. The van der Waals surface area contributed by atoms with Gasteiger partial charge in [0, 0.05) is 33.8 Å². The molecule has 0 fully saturated rings. The zero-order valence-electron chi connectivity index (χ0n) is 29.7. The maximum Gasteiger partial charge on any atom is 0.0540 e. The Morgan fingerprint density at radius 3 is 1.31 bits per heavy atom. The van der Waals surface area contributed by atoms with Crippen molar-refractivity contribution in [2.24, 2.45) is 0 Å². The van der Waals surface area contributed by atoms with E-state index < -0.39 is 0 Å². The summed E-state index contributed by atoms with van der Waals surface area (Å²) in [6.45, 7) is 0. The van der Waals surface area contributed by atoms with E-state index in [1.54, 1.807) is 0 Å². The lowest BCUT2D eigenvalue weighted by molar-refractivity contribution is 1.29. The maximum absolute atomic E-state index is 2.38. The minimum Gasteiger partial charge on any atom is -0.310 e. The lowest BCUT2D eigenvalue weighted by Gasteiger charge is -2.27. The molecule has 10 aromatic rings. The number of hydrogen-bond acceptors (Lipinski definition) is 2. The van der Waals surface area contributed by atoms with Crippen LogP contribution < -0.4 is 9.80 Å². The Balaban J connectivity index is 1.01. The third-order valence-corrected chi connectivity index (χ3v) is 10.5. The van der Waals surface area contributed by atoms with Gasteiger partial charge in [0.05, 0.1) is 5.69 Å². The smallest absolute Gasteiger partial charge is 0.0540 e. The van der Waals surface area contributed by atoms with Crippen LogP contribution in [-0.2, 0) is 0 Å². The summed E-state index contributed by atoms with van der Waals surface area (Å²) in [5.74, 6) is 0. The number of fused-ring (bicyclic) bond motifs is 4. The highest BCUT2D eigenvalue weighted by Crippen LogP contribution is 2.41. The Kier molecular flexibility index (Phi) is 7.85. The summed E-state index contributed by atoms with van der Waals surface area (Å²) < 4.78 is 0. The van der Waals surface area contributed by atoms with Gasteiger partial charge in [-0.25, -0.2) is 0 Å². The fourth-order valence-electron chi connectivity index (χ4n) is 7.84. The van der Waals surface area contributed by atoms with Crippen molar-refractivity contribution in [3.8, 4) is 11.1 Å². The molecular formula is C52H36N2. The topological polar surface area (TPSA) is 6.48 Å². The Bertz CT molecular complexity index is 2940. The van der Waals surface area contributed by atoms with Crippen LogP contribution >= 0.6 is 0 Å². The summed E-state index contributed by atoms with van der Waals surface area (Å²) in [6, 6.07) is 79.0. The molecule has 0 bridgehead atoms. The van der Waals surface area contributed by atoms with Gasteiger partial charge in [0.1, 0.15) is 0 Å². The Morgan fingerprint density at radius 1 is 0.222 bits per heavy atom. The molecular weight excluding hydrogens is 653 g/mol. The van der Waals surface area contributed by atoms with Crippen molar-refractivity contribution in [3.63, 3.8) is 0 Å². The molecule has 0 aliphatic carbocycles. The molecule has 54 heavy (non-hydrogen) atoms. The number of anilines is 6. The first-order valence-corrected chi connectivity index (χ1v) is 18.5. The standard InChI is InChI=1S/C52H36N2/c1-2-17-46(18-3-1)53(48-30-25-37-11-4-6-14-41(37)34-48)49-32-27-44-33-43(21-22-45(44)36-49)39-23-28-47(29-24-39)54(50-31-26-38-12-5-7-15-42(38)35-50)52-20-10-16-40-13-8-9-19-51(40)52/h1-36H. The van der Waals surface area contributed by atoms with Crippen molar-refractivity contribution < 1.29 is 0 Å². The van der Waals surface area contributed by atoms with E-state index in [9.17, 15) is 0 Å². The van der Waals surface area contributed by atoms with Crippen molar-refractivity contribution in [1.29, 1.82) is 0 Å². The highest BCUT2D eigenvalue weighted by atomic mass is 15.1. The average molecular weight is 689 g/mol. The van der Waals surface area contributed by atoms with Gasteiger partial charge in [-0.3, -0.25) is 0 Å². The molecule has 0 aromatic heterocycles. The first-order chi connectivity index (χ1) is 26.7. The molecule has 2 heteroatoms. The molecule has 0 atom stereocenters. The number of benzene rings is 10. The monoisotopic (exact) mass is 688 g/mol. The molecule has 10 aromatic carbocycles. The zero-order chi connectivity index (χ0) is 35.8. The first-order valence-electron chi connectivity index (χ1n) is 18.5. The van der Waals surface area contributed by atoms with Crippen LogP contribution in [0.3, 0.4) is 0 Å². The molecule has 0 amide bonds. The minimum atomic E-state index is 1.12. The lowest BCUT2D eigenvalue weighted by Crippen LogP contribution is -2.10. The van der Waals surface area contributed by atoms with Crippen molar-refractivity contribution in [2.45, 2.75) is 0 Å². The van der Waals surface area contributed by atoms with Crippen molar-refractivity contribution in [1.82, 2.24) is 0 Å². The quantitative estimate of drug-likeness (QED) is 0.164. The molecule has 0 saturated carbocycles. The van der Waals surface area contributed by atoms with Gasteiger partial charge in [0.2, 0.25) is 0 Å². The summed E-state index contributed by atoms with van der Waals surface area (Å²) in [4.78, 5) is 4.73. The van der Waals surface area contributed by atoms with E-state index in [0.29, 0.717) is 0 Å². The summed E-state index contributed by atoms with van der Waals surface area (Å²) in [7, 11) is 0. The number of rotatable bonds is 7. The van der Waals surface area contributed by atoms with Gasteiger partial charge in [0.15, 0.2) is 0 Å².